The van der Waals surface area contributed by atoms with Gasteiger partial charge in [0, 0.05) is 0 Å². The molecule has 0 saturated carbocycles. The van der Waals surface area contributed by atoms with Crippen LogP contribution in [0.25, 0.3) is 0 Å². The summed E-state index contributed by atoms with van der Waals surface area (Å²) in [5, 5.41) is 0.603. The molecular weight excluding hydrogens is 187 g/mol. The van der Waals surface area contributed by atoms with Crippen LogP contribution in [0.1, 0.15) is 0 Å². The summed E-state index contributed by atoms with van der Waals surface area (Å²) in [4.78, 5) is 3.72. The minimum Gasteiger partial charge on any atom is -0.493 e. The fourth-order valence-electron chi connectivity index (χ4n) is 0.650. The maximum absolute atomic E-state index is 5.70. The van der Waals surface area contributed by atoms with E-state index < -0.39 is 0 Å². The van der Waals surface area contributed by atoms with E-state index in [1.54, 1.807) is 0 Å². The van der Waals surface area contributed by atoms with Crippen molar-refractivity contribution in [2.24, 2.45) is 0 Å². The third-order valence-corrected chi connectivity index (χ3v) is 1.80. The second kappa shape index (κ2) is 3.15. The van der Waals surface area contributed by atoms with Crippen LogP contribution in [0, 0.1) is 0 Å². The average molecular weight is 193 g/mol. The molecule has 0 spiro atoms. The second-order valence-electron chi connectivity index (χ2n) is 1.84. The molecule has 0 aliphatic heterocycles. The van der Waals surface area contributed by atoms with Crippen molar-refractivity contribution in [1.82, 2.24) is 4.98 Å². The van der Waals surface area contributed by atoms with Crippen molar-refractivity contribution in [3.8, 4) is 5.75 Å². The summed E-state index contributed by atoms with van der Waals surface area (Å²) in [5.41, 5.74) is 5.38. The van der Waals surface area contributed by atoms with Crippen LogP contribution in [-0.2, 0) is 0 Å². The standard InChI is InChI=1S/C6H6Cl2N2O/c1-11-5-3(7)2-10-6(9)4(5)8/h2H,1H3,(H2,9,10). The quantitative estimate of drug-likeness (QED) is 0.741. The molecule has 2 N–H and O–H groups in total. The number of ether oxygens (including phenoxy) is 1. The molecule has 0 fully saturated rings. The molecule has 5 heteroatoms. The fourth-order valence-corrected chi connectivity index (χ4v) is 1.15. The van der Waals surface area contributed by atoms with Crippen molar-refractivity contribution in [1.29, 1.82) is 0 Å². The molecule has 3 nitrogen and oxygen atoms in total. The van der Waals surface area contributed by atoms with Crippen molar-refractivity contribution in [3.05, 3.63) is 16.2 Å². The first kappa shape index (κ1) is 8.43. The van der Waals surface area contributed by atoms with Gasteiger partial charge in [0.15, 0.2) is 5.75 Å². The van der Waals surface area contributed by atoms with Crippen molar-refractivity contribution >= 4 is 29.0 Å². The van der Waals surface area contributed by atoms with E-state index in [1.165, 1.54) is 13.3 Å². The first-order valence-electron chi connectivity index (χ1n) is 2.80. The highest BCUT2D eigenvalue weighted by Gasteiger charge is 2.09. The van der Waals surface area contributed by atoms with E-state index in [9.17, 15) is 0 Å². The Hall–Kier alpha value is -0.670. The molecule has 0 aliphatic rings. The van der Waals surface area contributed by atoms with E-state index in [4.69, 9.17) is 33.7 Å². The largest absolute Gasteiger partial charge is 0.493 e. The Balaban J connectivity index is 3.29. The Morgan fingerprint density at radius 2 is 2.18 bits per heavy atom. The SMILES string of the molecule is COc1c(Cl)cnc(N)c1Cl. The van der Waals surface area contributed by atoms with Crippen molar-refractivity contribution in [2.45, 2.75) is 0 Å². The van der Waals surface area contributed by atoms with Gasteiger partial charge < -0.3 is 10.5 Å². The van der Waals surface area contributed by atoms with Crippen molar-refractivity contribution in [3.63, 3.8) is 0 Å². The van der Waals surface area contributed by atoms with Crippen LogP contribution >= 0.6 is 23.2 Å². The molecule has 1 heterocycles. The van der Waals surface area contributed by atoms with E-state index in [1.807, 2.05) is 0 Å². The fraction of sp³-hybridized carbons (Fsp3) is 0.167. The van der Waals surface area contributed by atoms with Crippen LogP contribution in [0.15, 0.2) is 6.20 Å². The van der Waals surface area contributed by atoms with Gasteiger partial charge in [-0.05, 0) is 0 Å². The Kier molecular flexibility index (Phi) is 2.42. The molecule has 0 unspecified atom stereocenters. The summed E-state index contributed by atoms with van der Waals surface area (Å²) in [5.74, 6) is 0.578. The smallest absolute Gasteiger partial charge is 0.161 e. The van der Waals surface area contributed by atoms with Crippen LogP contribution < -0.4 is 10.5 Å². The molecule has 0 atom stereocenters. The maximum atomic E-state index is 5.70. The van der Waals surface area contributed by atoms with Crippen LogP contribution in [-0.4, -0.2) is 12.1 Å². The molecule has 0 aliphatic carbocycles. The number of aromatic nitrogens is 1. The summed E-state index contributed by atoms with van der Waals surface area (Å²) in [7, 11) is 1.46. The highest BCUT2D eigenvalue weighted by Crippen LogP contribution is 2.34. The number of anilines is 1. The lowest BCUT2D eigenvalue weighted by Gasteiger charge is -2.05. The number of nitrogens with zero attached hydrogens (tertiary/aromatic N) is 1. The summed E-state index contributed by atoms with van der Waals surface area (Å²) in [6.07, 6.45) is 1.39. The summed E-state index contributed by atoms with van der Waals surface area (Å²) < 4.78 is 4.87. The minimum atomic E-state index is 0.216. The van der Waals surface area contributed by atoms with Gasteiger partial charge >= 0.3 is 0 Å². The lowest BCUT2D eigenvalue weighted by Crippen LogP contribution is -1.94. The predicted octanol–water partition coefficient (Wildman–Crippen LogP) is 1.98. The molecule has 1 aromatic heterocycles. The number of pyridine rings is 1. The Bertz CT molecular complexity index is 278. The van der Waals surface area contributed by atoms with Gasteiger partial charge in [-0.2, -0.15) is 0 Å². The molecule has 60 valence electrons. The lowest BCUT2D eigenvalue weighted by atomic mass is 10.4. The van der Waals surface area contributed by atoms with Crippen LogP contribution in [0.4, 0.5) is 5.82 Å². The minimum absolute atomic E-state index is 0.216. The molecule has 0 aromatic carbocycles. The molecule has 0 saturated heterocycles. The number of hydrogen-bond acceptors (Lipinski definition) is 3. The zero-order chi connectivity index (χ0) is 8.43. The highest BCUT2D eigenvalue weighted by atomic mass is 35.5. The molecule has 1 aromatic rings. The molecular formula is C6H6Cl2N2O. The number of methoxy groups -OCH3 is 1. The van der Waals surface area contributed by atoms with Gasteiger partial charge in [0.05, 0.1) is 13.3 Å². The maximum Gasteiger partial charge on any atom is 0.161 e. The summed E-state index contributed by atoms with van der Waals surface area (Å²) in [6.45, 7) is 0. The second-order valence-corrected chi connectivity index (χ2v) is 2.62. The normalized spacial score (nSPS) is 9.73. The summed E-state index contributed by atoms with van der Waals surface area (Å²) in [6, 6.07) is 0. The number of nitrogen functional groups attached to an aromatic ring is 1. The topological polar surface area (TPSA) is 48.1 Å². The third kappa shape index (κ3) is 1.49. The zero-order valence-corrected chi connectivity index (χ0v) is 7.28. The van der Waals surface area contributed by atoms with Gasteiger partial charge in [-0.1, -0.05) is 23.2 Å². The molecule has 0 radical (unpaired) electrons. The number of hydrogen-bond donors (Lipinski definition) is 1. The van der Waals surface area contributed by atoms with Gasteiger partial charge in [0.25, 0.3) is 0 Å². The third-order valence-electron chi connectivity index (χ3n) is 1.16. The van der Waals surface area contributed by atoms with E-state index in [2.05, 4.69) is 4.98 Å². The Morgan fingerprint density at radius 3 is 2.64 bits per heavy atom. The number of nitrogens with two attached hydrogens (primary N) is 1. The van der Waals surface area contributed by atoms with Crippen LogP contribution in [0.2, 0.25) is 10.0 Å². The molecule has 11 heavy (non-hydrogen) atoms. The lowest BCUT2D eigenvalue weighted by molar-refractivity contribution is 0.415. The first-order chi connectivity index (χ1) is 5.16. The highest BCUT2D eigenvalue weighted by molar-refractivity contribution is 6.38. The Morgan fingerprint density at radius 1 is 1.55 bits per heavy atom. The molecule has 0 bridgehead atoms. The monoisotopic (exact) mass is 192 g/mol. The van der Waals surface area contributed by atoms with E-state index >= 15 is 0 Å². The van der Waals surface area contributed by atoms with E-state index in [0.717, 1.165) is 0 Å². The molecule has 0 amide bonds. The van der Waals surface area contributed by atoms with Crippen molar-refractivity contribution in [2.75, 3.05) is 12.8 Å². The number of rotatable bonds is 1. The van der Waals surface area contributed by atoms with Crippen LogP contribution in [0.5, 0.6) is 5.75 Å². The van der Waals surface area contributed by atoms with E-state index in [0.29, 0.717) is 10.8 Å². The zero-order valence-electron chi connectivity index (χ0n) is 5.77. The molecule has 1 rings (SSSR count). The average Bonchev–Trinajstić information content (AvgIpc) is 1.99. The number of halogens is 2. The van der Waals surface area contributed by atoms with Gasteiger partial charge in [-0.3, -0.25) is 0 Å². The first-order valence-corrected chi connectivity index (χ1v) is 3.56. The van der Waals surface area contributed by atoms with Gasteiger partial charge in [0.2, 0.25) is 0 Å². The van der Waals surface area contributed by atoms with E-state index in [-0.39, 0.29) is 10.8 Å². The van der Waals surface area contributed by atoms with Gasteiger partial charge in [-0.15, -0.1) is 0 Å². The summed E-state index contributed by atoms with van der Waals surface area (Å²) >= 11 is 11.4. The van der Waals surface area contributed by atoms with Crippen LogP contribution in [0.3, 0.4) is 0 Å². The van der Waals surface area contributed by atoms with Gasteiger partial charge in [0.1, 0.15) is 15.9 Å². The predicted molar refractivity (Wildman–Crippen MR) is 45.2 cm³/mol. The Labute approximate surface area is 74.1 Å². The van der Waals surface area contributed by atoms with Gasteiger partial charge in [-0.25, -0.2) is 4.98 Å². The van der Waals surface area contributed by atoms with Crippen molar-refractivity contribution < 1.29 is 4.74 Å².